The van der Waals surface area contributed by atoms with Gasteiger partial charge in [0.15, 0.2) is 6.29 Å². The number of aliphatic hydroxyl groups excluding tert-OH is 3. The second kappa shape index (κ2) is 6.77. The van der Waals surface area contributed by atoms with E-state index in [0.29, 0.717) is 12.2 Å². The molecule has 0 amide bonds. The highest BCUT2D eigenvalue weighted by Crippen LogP contribution is 2.23. The highest BCUT2D eigenvalue weighted by molar-refractivity contribution is 7.85. The zero-order chi connectivity index (χ0) is 13.0. The maximum Gasteiger partial charge on any atom is 0.186 e. The average molecular weight is 267 g/mol. The molecule has 0 bridgehead atoms. The maximum atomic E-state index is 9.76. The topological polar surface area (TPSA) is 103 Å². The van der Waals surface area contributed by atoms with Crippen LogP contribution in [-0.4, -0.2) is 64.6 Å². The number of hydrogen-bond donors (Lipinski definition) is 4. The third kappa shape index (κ3) is 3.70. The van der Waals surface area contributed by atoms with E-state index in [9.17, 15) is 15.3 Å². The second-order valence-corrected chi connectivity index (χ2v) is 6.00. The Morgan fingerprint density at radius 2 is 1.88 bits per heavy atom. The first-order valence-electron chi connectivity index (χ1n) is 5.62. The van der Waals surface area contributed by atoms with Crippen molar-refractivity contribution in [1.29, 1.82) is 4.78 Å². The van der Waals surface area contributed by atoms with Gasteiger partial charge in [-0.1, -0.05) is 6.92 Å². The Hall–Kier alpha value is -0.0500. The Bertz CT molecular complexity index is 263. The van der Waals surface area contributed by atoms with E-state index in [4.69, 9.17) is 14.3 Å². The highest BCUT2D eigenvalue weighted by atomic mass is 32.2. The van der Waals surface area contributed by atoms with Crippen molar-refractivity contribution in [1.82, 2.24) is 0 Å². The van der Waals surface area contributed by atoms with Gasteiger partial charge in [-0.3, -0.25) is 4.78 Å². The van der Waals surface area contributed by atoms with Crippen LogP contribution in [-0.2, 0) is 20.2 Å². The van der Waals surface area contributed by atoms with Gasteiger partial charge in [-0.05, 0) is 6.42 Å². The summed E-state index contributed by atoms with van der Waals surface area (Å²) in [5.74, 6) is 1.37. The summed E-state index contributed by atoms with van der Waals surface area (Å²) in [6.45, 7) is 1.94. The Balaban J connectivity index is 2.56. The molecule has 1 saturated heterocycles. The fourth-order valence-electron chi connectivity index (χ4n) is 1.75. The van der Waals surface area contributed by atoms with Crippen LogP contribution in [0, 0.1) is 4.78 Å². The van der Waals surface area contributed by atoms with E-state index in [-0.39, 0.29) is 0 Å². The summed E-state index contributed by atoms with van der Waals surface area (Å²) in [6.07, 6.45) is -4.69. The van der Waals surface area contributed by atoms with Gasteiger partial charge in [-0.2, -0.15) is 0 Å². The Morgan fingerprint density at radius 1 is 1.24 bits per heavy atom. The molecule has 0 aromatic heterocycles. The smallest absolute Gasteiger partial charge is 0.186 e. The van der Waals surface area contributed by atoms with Crippen LogP contribution in [0.4, 0.5) is 0 Å². The Kier molecular flexibility index (Phi) is 5.98. The summed E-state index contributed by atoms with van der Waals surface area (Å²) in [5, 5.41) is 28.9. The Morgan fingerprint density at radius 3 is 2.41 bits per heavy atom. The maximum absolute atomic E-state index is 9.76. The molecule has 1 heterocycles. The molecule has 0 radical (unpaired) electrons. The third-order valence-corrected chi connectivity index (χ3v) is 4.32. The monoisotopic (exact) mass is 267 g/mol. The van der Waals surface area contributed by atoms with Crippen molar-refractivity contribution in [2.75, 3.05) is 18.6 Å². The van der Waals surface area contributed by atoms with Gasteiger partial charge in [0, 0.05) is 18.6 Å². The van der Waals surface area contributed by atoms with Crippen LogP contribution < -0.4 is 0 Å². The predicted molar refractivity (Wildman–Crippen MR) is 63.8 cm³/mol. The van der Waals surface area contributed by atoms with E-state index >= 15 is 0 Å². The number of ether oxygens (including phenoxy) is 2. The van der Waals surface area contributed by atoms with Gasteiger partial charge in [0.25, 0.3) is 0 Å². The van der Waals surface area contributed by atoms with Gasteiger partial charge in [0.1, 0.15) is 18.3 Å². The first kappa shape index (κ1) is 15.0. The quantitative estimate of drug-likeness (QED) is 0.524. The zero-order valence-electron chi connectivity index (χ0n) is 10.1. The molecule has 7 heteroatoms. The first-order valence-corrected chi connectivity index (χ1v) is 7.18. The fraction of sp³-hybridized carbons (Fsp3) is 1.00. The minimum absolute atomic E-state index is 0.453. The summed E-state index contributed by atoms with van der Waals surface area (Å²) in [7, 11) is 0.919. The van der Waals surface area contributed by atoms with Crippen molar-refractivity contribution in [2.24, 2.45) is 0 Å². The van der Waals surface area contributed by atoms with Crippen LogP contribution in [0.2, 0.25) is 0 Å². The lowest BCUT2D eigenvalue weighted by Gasteiger charge is -2.39. The fourth-order valence-corrected chi connectivity index (χ4v) is 2.56. The molecular weight excluding hydrogens is 246 g/mol. The van der Waals surface area contributed by atoms with Gasteiger partial charge >= 0.3 is 0 Å². The van der Waals surface area contributed by atoms with Gasteiger partial charge in [-0.25, -0.2) is 0 Å². The number of hydrogen-bond acceptors (Lipinski definition) is 6. The van der Waals surface area contributed by atoms with Crippen molar-refractivity contribution in [2.45, 2.75) is 44.1 Å². The minimum Gasteiger partial charge on any atom is -0.388 e. The van der Waals surface area contributed by atoms with E-state index in [2.05, 4.69) is 0 Å². The predicted octanol–water partition coefficient (Wildman–Crippen LogP) is -0.769. The summed E-state index contributed by atoms with van der Waals surface area (Å²) >= 11 is 0. The summed E-state index contributed by atoms with van der Waals surface area (Å²) < 4.78 is 17.9. The number of methoxy groups -OCH3 is 1. The standard InChI is InChI=1S/C10H21NO5S/c1-3-17(11)5-4-6-7(12)8(13)9(14)10(15-2)16-6/h6-14H,3-5H2,1-2H3/t6?,7-,8?,9?,10+,17?/m1/s1. The first-order chi connectivity index (χ1) is 8.01. The normalized spacial score (nSPS) is 40.2. The lowest BCUT2D eigenvalue weighted by molar-refractivity contribution is -0.289. The SMILES string of the molecule is CCS(=N)CCC1O[C@H](OC)C(O)C(O)[C@@H]1O. The molecule has 1 aliphatic rings. The van der Waals surface area contributed by atoms with Gasteiger partial charge in [0.2, 0.25) is 0 Å². The molecule has 4 N–H and O–H groups in total. The van der Waals surface area contributed by atoms with Gasteiger partial charge < -0.3 is 24.8 Å². The van der Waals surface area contributed by atoms with Crippen molar-refractivity contribution >= 4 is 10.7 Å². The lowest BCUT2D eigenvalue weighted by atomic mass is 9.97. The van der Waals surface area contributed by atoms with Crippen LogP contribution in [0.25, 0.3) is 0 Å². The molecule has 102 valence electrons. The van der Waals surface area contributed by atoms with Crippen LogP contribution in [0.3, 0.4) is 0 Å². The number of aliphatic hydroxyl groups is 3. The van der Waals surface area contributed by atoms with Crippen molar-refractivity contribution in [3.63, 3.8) is 0 Å². The minimum atomic E-state index is -1.27. The van der Waals surface area contributed by atoms with E-state index in [1.807, 2.05) is 6.92 Å². The van der Waals surface area contributed by atoms with E-state index < -0.39 is 41.4 Å². The van der Waals surface area contributed by atoms with Crippen LogP contribution in [0.15, 0.2) is 0 Å². The van der Waals surface area contributed by atoms with E-state index in [1.54, 1.807) is 0 Å². The Labute approximate surface area is 103 Å². The van der Waals surface area contributed by atoms with Crippen LogP contribution >= 0.6 is 0 Å². The molecule has 1 fully saturated rings. The zero-order valence-corrected chi connectivity index (χ0v) is 10.9. The van der Waals surface area contributed by atoms with Gasteiger partial charge in [-0.15, -0.1) is 10.7 Å². The highest BCUT2D eigenvalue weighted by Gasteiger charge is 2.43. The summed E-state index contributed by atoms with van der Waals surface area (Å²) in [4.78, 5) is 0. The molecule has 1 rings (SSSR count). The lowest BCUT2D eigenvalue weighted by Crippen LogP contribution is -2.58. The van der Waals surface area contributed by atoms with E-state index in [0.717, 1.165) is 5.75 Å². The second-order valence-electron chi connectivity index (χ2n) is 4.02. The molecule has 6 nitrogen and oxygen atoms in total. The van der Waals surface area contributed by atoms with Gasteiger partial charge in [0.05, 0.1) is 6.10 Å². The van der Waals surface area contributed by atoms with Crippen LogP contribution in [0.5, 0.6) is 0 Å². The van der Waals surface area contributed by atoms with Crippen LogP contribution in [0.1, 0.15) is 13.3 Å². The van der Waals surface area contributed by atoms with Crippen molar-refractivity contribution in [3.8, 4) is 0 Å². The van der Waals surface area contributed by atoms with E-state index in [1.165, 1.54) is 7.11 Å². The molecule has 0 aliphatic carbocycles. The molecule has 6 atom stereocenters. The van der Waals surface area contributed by atoms with Crippen molar-refractivity contribution in [3.05, 3.63) is 0 Å². The molecule has 17 heavy (non-hydrogen) atoms. The number of rotatable bonds is 5. The molecule has 0 aromatic carbocycles. The molecule has 1 aliphatic heterocycles. The number of nitrogens with one attached hydrogen (secondary N) is 1. The third-order valence-electron chi connectivity index (χ3n) is 2.90. The van der Waals surface area contributed by atoms with Crippen molar-refractivity contribution < 1.29 is 24.8 Å². The molecule has 0 spiro atoms. The molecule has 0 saturated carbocycles. The average Bonchev–Trinajstić information content (AvgIpc) is 2.34. The molecule has 4 unspecified atom stereocenters. The summed E-state index contributed by atoms with van der Waals surface area (Å²) in [6, 6.07) is 0. The summed E-state index contributed by atoms with van der Waals surface area (Å²) in [5.41, 5.74) is 0. The molecular formula is C10H21NO5S. The molecule has 0 aromatic rings. The largest absolute Gasteiger partial charge is 0.388 e.